The quantitative estimate of drug-likeness (QED) is 0.129. The summed E-state index contributed by atoms with van der Waals surface area (Å²) in [5.74, 6) is 0.450. The standard InChI is InChI=1S/C37H39NO7/c39-36(40)12-6-7-21-38(33-20-23-43-35-24-30(37(41)42)15-18-32(33)35)22-19-29-10-4-5-11-34(29)45-26-28-13-16-31(17-14-28)44-25-27-8-2-1-3-9-27/h1-5,8-11,13-18,24,33H,6-7,12,19-23,25-26H2,(H,39,40)(H,41,42). The van der Waals surface area contributed by atoms with Gasteiger partial charge in [0, 0.05) is 31.0 Å². The smallest absolute Gasteiger partial charge is 0.335 e. The maximum absolute atomic E-state index is 11.5. The van der Waals surface area contributed by atoms with Gasteiger partial charge >= 0.3 is 11.9 Å². The van der Waals surface area contributed by atoms with Crippen LogP contribution in [-0.4, -0.2) is 46.7 Å². The Hall–Kier alpha value is -4.82. The molecule has 0 spiro atoms. The summed E-state index contributed by atoms with van der Waals surface area (Å²) in [6, 6.07) is 31.2. The predicted molar refractivity (Wildman–Crippen MR) is 171 cm³/mol. The Balaban J connectivity index is 1.22. The van der Waals surface area contributed by atoms with Crippen molar-refractivity contribution in [3.05, 3.63) is 125 Å². The number of carboxylic acid groups (broad SMARTS) is 2. The Morgan fingerprint density at radius 2 is 1.53 bits per heavy atom. The monoisotopic (exact) mass is 609 g/mol. The summed E-state index contributed by atoms with van der Waals surface area (Å²) >= 11 is 0. The molecule has 1 atom stereocenters. The van der Waals surface area contributed by atoms with E-state index in [-0.39, 0.29) is 18.0 Å². The van der Waals surface area contributed by atoms with Gasteiger partial charge in [-0.25, -0.2) is 4.79 Å². The van der Waals surface area contributed by atoms with Crippen molar-refractivity contribution in [3.63, 3.8) is 0 Å². The molecule has 234 valence electrons. The lowest BCUT2D eigenvalue weighted by Crippen LogP contribution is -2.35. The van der Waals surface area contributed by atoms with E-state index in [1.807, 2.05) is 78.9 Å². The van der Waals surface area contributed by atoms with Gasteiger partial charge in [0.25, 0.3) is 0 Å². The number of nitrogens with zero attached hydrogens (tertiary/aromatic N) is 1. The minimum absolute atomic E-state index is 0.0390. The number of para-hydroxylation sites is 1. The molecule has 0 aliphatic carbocycles. The molecule has 1 heterocycles. The molecular formula is C37H39NO7. The van der Waals surface area contributed by atoms with Crippen molar-refractivity contribution >= 4 is 11.9 Å². The van der Waals surface area contributed by atoms with Crippen molar-refractivity contribution in [2.75, 3.05) is 19.7 Å². The average Bonchev–Trinajstić information content (AvgIpc) is 3.07. The summed E-state index contributed by atoms with van der Waals surface area (Å²) < 4.78 is 18.0. The molecule has 8 nitrogen and oxygen atoms in total. The second kappa shape index (κ2) is 15.8. The van der Waals surface area contributed by atoms with E-state index >= 15 is 0 Å². The summed E-state index contributed by atoms with van der Waals surface area (Å²) in [5, 5.41) is 18.6. The van der Waals surface area contributed by atoms with Gasteiger partial charge in [0.2, 0.25) is 0 Å². The van der Waals surface area contributed by atoms with Crippen molar-refractivity contribution in [1.82, 2.24) is 4.90 Å². The number of benzene rings is 4. The zero-order chi connectivity index (χ0) is 31.4. The van der Waals surface area contributed by atoms with E-state index in [2.05, 4.69) is 11.0 Å². The number of aromatic carboxylic acids is 1. The lowest BCUT2D eigenvalue weighted by molar-refractivity contribution is -0.137. The van der Waals surface area contributed by atoms with Gasteiger partial charge in [-0.15, -0.1) is 0 Å². The topological polar surface area (TPSA) is 106 Å². The molecule has 5 rings (SSSR count). The van der Waals surface area contributed by atoms with Crippen LogP contribution in [0.4, 0.5) is 0 Å². The Bertz CT molecular complexity index is 1560. The van der Waals surface area contributed by atoms with Gasteiger partial charge in [-0.3, -0.25) is 9.69 Å². The maximum atomic E-state index is 11.5. The molecule has 45 heavy (non-hydrogen) atoms. The fourth-order valence-electron chi connectivity index (χ4n) is 5.60. The van der Waals surface area contributed by atoms with Crippen LogP contribution in [-0.2, 0) is 24.4 Å². The van der Waals surface area contributed by atoms with Crippen LogP contribution in [0.15, 0.2) is 97.1 Å². The highest BCUT2D eigenvalue weighted by molar-refractivity contribution is 5.88. The maximum Gasteiger partial charge on any atom is 0.335 e. The molecule has 8 heteroatoms. The van der Waals surface area contributed by atoms with Crippen molar-refractivity contribution in [3.8, 4) is 17.2 Å². The first-order chi connectivity index (χ1) is 22.0. The molecule has 0 saturated carbocycles. The lowest BCUT2D eigenvalue weighted by atomic mass is 9.96. The average molecular weight is 610 g/mol. The third kappa shape index (κ3) is 9.09. The van der Waals surface area contributed by atoms with Gasteiger partial charge in [-0.1, -0.05) is 66.7 Å². The molecule has 4 aromatic carbocycles. The number of carboxylic acids is 2. The molecule has 4 aromatic rings. The Labute approximate surface area is 263 Å². The number of aliphatic carboxylic acids is 1. The van der Waals surface area contributed by atoms with Crippen LogP contribution < -0.4 is 14.2 Å². The molecule has 0 aromatic heterocycles. The van der Waals surface area contributed by atoms with E-state index in [1.165, 1.54) is 0 Å². The number of unbranched alkanes of at least 4 members (excludes halogenated alkanes) is 1. The molecule has 2 N–H and O–H groups in total. The van der Waals surface area contributed by atoms with E-state index < -0.39 is 11.9 Å². The molecular weight excluding hydrogens is 570 g/mol. The van der Waals surface area contributed by atoms with Gasteiger partial charge in [0.15, 0.2) is 0 Å². The van der Waals surface area contributed by atoms with Crippen molar-refractivity contribution in [1.29, 1.82) is 0 Å². The number of hydrogen-bond donors (Lipinski definition) is 2. The van der Waals surface area contributed by atoms with Crippen molar-refractivity contribution in [2.45, 2.75) is 51.4 Å². The normalized spacial score (nSPS) is 13.9. The van der Waals surface area contributed by atoms with E-state index in [1.54, 1.807) is 12.1 Å². The molecule has 0 radical (unpaired) electrons. The first-order valence-electron chi connectivity index (χ1n) is 15.4. The Kier molecular flexibility index (Phi) is 11.1. The van der Waals surface area contributed by atoms with Crippen LogP contribution in [0.3, 0.4) is 0 Å². The van der Waals surface area contributed by atoms with E-state index in [9.17, 15) is 14.7 Å². The van der Waals surface area contributed by atoms with Crippen molar-refractivity contribution < 1.29 is 34.0 Å². The van der Waals surface area contributed by atoms with Gasteiger partial charge in [0.1, 0.15) is 30.5 Å². The highest BCUT2D eigenvalue weighted by Gasteiger charge is 2.28. The highest BCUT2D eigenvalue weighted by Crippen LogP contribution is 2.37. The number of carbonyl (C=O) groups is 2. The summed E-state index contributed by atoms with van der Waals surface area (Å²) in [7, 11) is 0. The van der Waals surface area contributed by atoms with E-state index in [0.29, 0.717) is 32.0 Å². The molecule has 0 bridgehead atoms. The number of rotatable bonds is 16. The minimum atomic E-state index is -0.988. The third-order valence-electron chi connectivity index (χ3n) is 8.00. The SMILES string of the molecule is O=C(O)CCCCN(CCc1ccccc1OCc1ccc(OCc2ccccc2)cc1)C1CCOc2cc(C(=O)O)ccc21. The Morgan fingerprint density at radius 3 is 2.31 bits per heavy atom. The first kappa shape index (κ1) is 31.6. The minimum Gasteiger partial charge on any atom is -0.493 e. The molecule has 1 unspecified atom stereocenters. The van der Waals surface area contributed by atoms with Crippen LogP contribution >= 0.6 is 0 Å². The van der Waals surface area contributed by atoms with Gasteiger partial charge < -0.3 is 24.4 Å². The largest absolute Gasteiger partial charge is 0.493 e. The van der Waals surface area contributed by atoms with Crippen LogP contribution in [0.1, 0.15) is 64.3 Å². The van der Waals surface area contributed by atoms with Crippen LogP contribution in [0.5, 0.6) is 17.2 Å². The van der Waals surface area contributed by atoms with Crippen LogP contribution in [0.25, 0.3) is 0 Å². The molecule has 1 aliphatic heterocycles. The molecule has 0 amide bonds. The second-order valence-corrected chi connectivity index (χ2v) is 11.2. The molecule has 0 fully saturated rings. The Morgan fingerprint density at radius 1 is 0.800 bits per heavy atom. The van der Waals surface area contributed by atoms with E-state index in [0.717, 1.165) is 66.1 Å². The zero-order valence-electron chi connectivity index (χ0n) is 25.3. The lowest BCUT2D eigenvalue weighted by Gasteiger charge is -2.36. The highest BCUT2D eigenvalue weighted by atomic mass is 16.5. The second-order valence-electron chi connectivity index (χ2n) is 11.2. The van der Waals surface area contributed by atoms with Crippen LogP contribution in [0.2, 0.25) is 0 Å². The van der Waals surface area contributed by atoms with Gasteiger partial charge in [-0.2, -0.15) is 0 Å². The number of fused-ring (bicyclic) bond motifs is 1. The van der Waals surface area contributed by atoms with Gasteiger partial charge in [-0.05, 0) is 72.8 Å². The summed E-state index contributed by atoms with van der Waals surface area (Å²) in [4.78, 5) is 25.0. The van der Waals surface area contributed by atoms with Crippen LogP contribution in [0, 0.1) is 0 Å². The fraction of sp³-hybridized carbons (Fsp3) is 0.297. The fourth-order valence-corrected chi connectivity index (χ4v) is 5.60. The zero-order valence-corrected chi connectivity index (χ0v) is 25.3. The summed E-state index contributed by atoms with van der Waals surface area (Å²) in [6.07, 6.45) is 2.98. The van der Waals surface area contributed by atoms with Crippen molar-refractivity contribution in [2.24, 2.45) is 0 Å². The predicted octanol–water partition coefficient (Wildman–Crippen LogP) is 7.17. The first-order valence-corrected chi connectivity index (χ1v) is 15.4. The van der Waals surface area contributed by atoms with Gasteiger partial charge in [0.05, 0.1) is 12.2 Å². The number of hydrogen-bond acceptors (Lipinski definition) is 6. The molecule has 0 saturated heterocycles. The van der Waals surface area contributed by atoms with E-state index in [4.69, 9.17) is 19.3 Å². The number of ether oxygens (including phenoxy) is 3. The third-order valence-corrected chi connectivity index (χ3v) is 8.00. The summed E-state index contributed by atoms with van der Waals surface area (Å²) in [6.45, 7) is 2.88. The molecule has 1 aliphatic rings. The summed E-state index contributed by atoms with van der Waals surface area (Å²) in [5.41, 5.74) is 4.41.